The first-order valence-electron chi connectivity index (χ1n) is 19.0. The van der Waals surface area contributed by atoms with E-state index in [1.807, 2.05) is 42.5 Å². The highest BCUT2D eigenvalue weighted by Crippen LogP contribution is 2.41. The van der Waals surface area contributed by atoms with Crippen molar-refractivity contribution in [3.05, 3.63) is 182 Å². The summed E-state index contributed by atoms with van der Waals surface area (Å²) in [5.41, 5.74) is 11.4. The van der Waals surface area contributed by atoms with Gasteiger partial charge in [0.1, 0.15) is 16.7 Å². The first-order chi connectivity index (χ1) is 28.2. The molecule has 0 N–H and O–H groups in total. The monoisotopic (exact) mass is 730 g/mol. The summed E-state index contributed by atoms with van der Waals surface area (Å²) >= 11 is 0. The van der Waals surface area contributed by atoms with Crippen LogP contribution < -0.4 is 0 Å². The van der Waals surface area contributed by atoms with E-state index >= 15 is 0 Å². The molecule has 8 aromatic carbocycles. The summed E-state index contributed by atoms with van der Waals surface area (Å²) in [5, 5.41) is 6.48. The summed E-state index contributed by atoms with van der Waals surface area (Å²) in [6, 6.07) is 62.7. The van der Waals surface area contributed by atoms with Crippen LogP contribution in [0.25, 0.3) is 117 Å². The van der Waals surface area contributed by atoms with Gasteiger partial charge >= 0.3 is 0 Å². The fourth-order valence-corrected chi connectivity index (χ4v) is 8.36. The van der Waals surface area contributed by atoms with Crippen LogP contribution in [-0.2, 0) is 0 Å². The normalized spacial score (nSPS) is 11.9. The van der Waals surface area contributed by atoms with Crippen LogP contribution in [0, 0.1) is 0 Å². The van der Waals surface area contributed by atoms with Gasteiger partial charge in [0.25, 0.3) is 0 Å². The van der Waals surface area contributed by atoms with Crippen molar-refractivity contribution in [1.29, 1.82) is 0 Å². The lowest BCUT2D eigenvalue weighted by Crippen LogP contribution is -2.00. The molecular weight excluding hydrogens is 701 g/mol. The van der Waals surface area contributed by atoms with E-state index in [0.29, 0.717) is 17.5 Å². The van der Waals surface area contributed by atoms with E-state index in [1.165, 1.54) is 5.39 Å². The van der Waals surface area contributed by atoms with Gasteiger partial charge in [-0.15, -0.1) is 0 Å². The van der Waals surface area contributed by atoms with E-state index in [9.17, 15) is 0 Å². The van der Waals surface area contributed by atoms with Gasteiger partial charge < -0.3 is 13.4 Å². The molecule has 6 heteroatoms. The molecule has 6 nitrogen and oxygen atoms in total. The Balaban J connectivity index is 1.06. The zero-order valence-corrected chi connectivity index (χ0v) is 30.4. The molecule has 0 aliphatic rings. The van der Waals surface area contributed by atoms with E-state index < -0.39 is 0 Å². The predicted octanol–water partition coefficient (Wildman–Crippen LogP) is 13.4. The first kappa shape index (κ1) is 31.5. The molecule has 0 saturated carbocycles. The minimum absolute atomic E-state index is 0.558. The van der Waals surface area contributed by atoms with Crippen molar-refractivity contribution < 1.29 is 8.83 Å². The largest absolute Gasteiger partial charge is 0.456 e. The minimum Gasteiger partial charge on any atom is -0.456 e. The Morgan fingerprint density at radius 1 is 0.333 bits per heavy atom. The fourth-order valence-electron chi connectivity index (χ4n) is 8.36. The van der Waals surface area contributed by atoms with Gasteiger partial charge in [0.05, 0.1) is 11.0 Å². The molecule has 0 spiro atoms. The van der Waals surface area contributed by atoms with Crippen LogP contribution in [0.3, 0.4) is 0 Å². The number of rotatable bonds is 5. The molecule has 12 aromatic rings. The number of aromatic nitrogens is 4. The van der Waals surface area contributed by atoms with E-state index in [1.54, 1.807) is 0 Å². The molecule has 4 aromatic heterocycles. The lowest BCUT2D eigenvalue weighted by Gasteiger charge is -2.10. The van der Waals surface area contributed by atoms with Gasteiger partial charge in [0.15, 0.2) is 23.1 Å². The number of para-hydroxylation sites is 3. The lowest BCUT2D eigenvalue weighted by molar-refractivity contribution is 0.669. The van der Waals surface area contributed by atoms with Crippen molar-refractivity contribution in [2.24, 2.45) is 0 Å². The van der Waals surface area contributed by atoms with Gasteiger partial charge in [-0.1, -0.05) is 115 Å². The Morgan fingerprint density at radius 3 is 1.74 bits per heavy atom. The van der Waals surface area contributed by atoms with Crippen molar-refractivity contribution in [2.45, 2.75) is 0 Å². The highest BCUT2D eigenvalue weighted by Gasteiger charge is 2.21. The molecule has 0 bridgehead atoms. The maximum atomic E-state index is 6.89. The van der Waals surface area contributed by atoms with Crippen molar-refractivity contribution >= 4 is 65.7 Å². The van der Waals surface area contributed by atoms with Gasteiger partial charge in [-0.05, 0) is 77.9 Å². The summed E-state index contributed by atoms with van der Waals surface area (Å²) in [6.45, 7) is 0. The second-order valence-electron chi connectivity index (χ2n) is 14.4. The predicted molar refractivity (Wildman–Crippen MR) is 230 cm³/mol. The number of fused-ring (bicyclic) bond motifs is 10. The number of furan rings is 2. The van der Waals surface area contributed by atoms with Crippen LogP contribution in [0.1, 0.15) is 0 Å². The van der Waals surface area contributed by atoms with Crippen LogP contribution in [0.15, 0.2) is 191 Å². The van der Waals surface area contributed by atoms with E-state index in [0.717, 1.165) is 93.8 Å². The highest BCUT2D eigenvalue weighted by atomic mass is 16.3. The van der Waals surface area contributed by atoms with Gasteiger partial charge in [-0.3, -0.25) is 0 Å². The molecule has 4 heterocycles. The second kappa shape index (κ2) is 12.3. The summed E-state index contributed by atoms with van der Waals surface area (Å²) < 4.78 is 15.4. The third kappa shape index (κ3) is 5.01. The molecule has 57 heavy (non-hydrogen) atoms. The van der Waals surface area contributed by atoms with E-state index in [-0.39, 0.29) is 0 Å². The highest BCUT2D eigenvalue weighted by molar-refractivity contribution is 6.21. The maximum Gasteiger partial charge on any atom is 0.164 e. The average Bonchev–Trinajstić information content (AvgIpc) is 3.96. The van der Waals surface area contributed by atoms with Gasteiger partial charge in [0, 0.05) is 54.7 Å². The number of hydrogen-bond acceptors (Lipinski definition) is 5. The molecule has 0 aliphatic carbocycles. The molecule has 266 valence electrons. The molecule has 0 amide bonds. The molecule has 0 radical (unpaired) electrons. The Morgan fingerprint density at radius 2 is 0.912 bits per heavy atom. The van der Waals surface area contributed by atoms with Crippen LogP contribution in [-0.4, -0.2) is 19.5 Å². The maximum absolute atomic E-state index is 6.89. The molecule has 0 atom stereocenters. The van der Waals surface area contributed by atoms with Crippen molar-refractivity contribution in [3.63, 3.8) is 0 Å². The van der Waals surface area contributed by atoms with Crippen molar-refractivity contribution in [2.75, 3.05) is 0 Å². The van der Waals surface area contributed by atoms with Crippen LogP contribution >= 0.6 is 0 Å². The van der Waals surface area contributed by atoms with Crippen LogP contribution in [0.2, 0.25) is 0 Å². The first-order valence-corrected chi connectivity index (χ1v) is 19.0. The Labute approximate surface area is 325 Å². The minimum atomic E-state index is 0.558. The third-order valence-electron chi connectivity index (χ3n) is 11.0. The van der Waals surface area contributed by atoms with Crippen molar-refractivity contribution in [3.8, 4) is 51.0 Å². The van der Waals surface area contributed by atoms with E-state index in [2.05, 4.69) is 144 Å². The number of hydrogen-bond donors (Lipinski definition) is 0. The molecule has 0 fully saturated rings. The standard InChI is InChI=1S/C51H30N4O2/c1-3-12-31(13-4-1)32-14-11-15-33(28-32)49-52-50(34-23-27-45-42(29-34)38-19-8-10-21-44(38)56-45)54-51(53-49)35-22-24-39-41-26-25-40-37-18-7-9-20-43(37)55(36-16-5-2-6-17-36)47(40)48(41)57-46(39)30-35/h1-30H. The molecule has 0 aliphatic heterocycles. The summed E-state index contributed by atoms with van der Waals surface area (Å²) in [7, 11) is 0. The summed E-state index contributed by atoms with van der Waals surface area (Å²) in [4.78, 5) is 15.4. The Kier molecular flexibility index (Phi) is 6.83. The fraction of sp³-hybridized carbons (Fsp3) is 0. The molecule has 12 rings (SSSR count). The van der Waals surface area contributed by atoms with Gasteiger partial charge in [-0.2, -0.15) is 0 Å². The summed E-state index contributed by atoms with van der Waals surface area (Å²) in [6.07, 6.45) is 0. The molecular formula is C51H30N4O2. The Bertz CT molecular complexity index is 3530. The Hall–Kier alpha value is -7.83. The smallest absolute Gasteiger partial charge is 0.164 e. The van der Waals surface area contributed by atoms with Crippen LogP contribution in [0.5, 0.6) is 0 Å². The topological polar surface area (TPSA) is 69.9 Å². The van der Waals surface area contributed by atoms with E-state index in [4.69, 9.17) is 23.8 Å². The van der Waals surface area contributed by atoms with Crippen molar-refractivity contribution in [1.82, 2.24) is 19.5 Å². The lowest BCUT2D eigenvalue weighted by atomic mass is 10.0. The quantitative estimate of drug-likeness (QED) is 0.176. The molecule has 0 saturated heterocycles. The zero-order chi connectivity index (χ0) is 37.5. The third-order valence-corrected chi connectivity index (χ3v) is 11.0. The average molecular weight is 731 g/mol. The number of nitrogens with zero attached hydrogens (tertiary/aromatic N) is 4. The number of benzene rings is 8. The van der Waals surface area contributed by atoms with Gasteiger partial charge in [0.2, 0.25) is 0 Å². The van der Waals surface area contributed by atoms with Gasteiger partial charge in [-0.25, -0.2) is 15.0 Å². The summed E-state index contributed by atoms with van der Waals surface area (Å²) in [5.74, 6) is 1.72. The second-order valence-corrected chi connectivity index (χ2v) is 14.4. The SMILES string of the molecule is c1ccc(-c2cccc(-c3nc(-c4ccc5c(c4)oc4c5ccc5c6ccccc6n(-c6ccccc6)c54)nc(-c4ccc5oc6ccccc6c5c4)n3)c2)cc1. The molecule has 0 unspecified atom stereocenters. The zero-order valence-electron chi connectivity index (χ0n) is 30.4. The van der Waals surface area contributed by atoms with Crippen LogP contribution in [0.4, 0.5) is 0 Å².